The zero-order chi connectivity index (χ0) is 22.1. The summed E-state index contributed by atoms with van der Waals surface area (Å²) in [5, 5.41) is 19.9. The van der Waals surface area contributed by atoms with E-state index in [4.69, 9.17) is 9.47 Å². The van der Waals surface area contributed by atoms with Crippen molar-refractivity contribution in [3.8, 4) is 11.5 Å². The standard InChI is InChI=1S/C22H36N4O4/c1-6-23-20(24-14-15-8-7-9-18(29-5)19(15)27)25-16-10-12-17(13-11-16)26-21(28)30-22(2,3)4/h7-9,16-17,27H,6,10-14H2,1-5H3,(H,26,28)(H2,23,24,25). The summed E-state index contributed by atoms with van der Waals surface area (Å²) in [4.78, 5) is 16.6. The van der Waals surface area contributed by atoms with Gasteiger partial charge in [-0.1, -0.05) is 12.1 Å². The first-order valence-corrected chi connectivity index (χ1v) is 10.6. The number of alkyl carbamates (subject to hydrolysis) is 1. The predicted octanol–water partition coefficient (Wildman–Crippen LogP) is 3.29. The first-order chi connectivity index (χ1) is 14.2. The van der Waals surface area contributed by atoms with E-state index >= 15 is 0 Å². The second kappa shape index (κ2) is 10.9. The molecule has 0 aromatic heterocycles. The maximum Gasteiger partial charge on any atom is 0.407 e. The Bertz CT molecular complexity index is 722. The Morgan fingerprint density at radius 2 is 1.80 bits per heavy atom. The van der Waals surface area contributed by atoms with Crippen LogP contribution in [-0.2, 0) is 11.3 Å². The van der Waals surface area contributed by atoms with Crippen LogP contribution in [0.1, 0.15) is 58.9 Å². The van der Waals surface area contributed by atoms with E-state index in [1.165, 1.54) is 7.11 Å². The number of hydrogen-bond donors (Lipinski definition) is 4. The lowest BCUT2D eigenvalue weighted by Crippen LogP contribution is -2.48. The highest BCUT2D eigenvalue weighted by Crippen LogP contribution is 2.29. The number of amides is 1. The molecule has 0 unspecified atom stereocenters. The smallest absolute Gasteiger partial charge is 0.407 e. The molecule has 2 rings (SSSR count). The molecule has 1 saturated carbocycles. The monoisotopic (exact) mass is 420 g/mol. The van der Waals surface area contributed by atoms with E-state index in [0.717, 1.165) is 32.2 Å². The topological polar surface area (TPSA) is 104 Å². The number of rotatable bonds is 6. The molecule has 0 heterocycles. The Balaban J connectivity index is 1.88. The van der Waals surface area contributed by atoms with Crippen LogP contribution in [0.5, 0.6) is 11.5 Å². The summed E-state index contributed by atoms with van der Waals surface area (Å²) in [6.07, 6.45) is 3.26. The summed E-state index contributed by atoms with van der Waals surface area (Å²) >= 11 is 0. The number of nitrogens with one attached hydrogen (secondary N) is 3. The number of carbonyl (C=O) groups excluding carboxylic acids is 1. The molecule has 1 fully saturated rings. The van der Waals surface area contributed by atoms with Crippen LogP contribution in [0.15, 0.2) is 23.2 Å². The molecule has 1 aromatic rings. The Labute approximate surface area is 179 Å². The van der Waals surface area contributed by atoms with Gasteiger partial charge in [0.2, 0.25) is 0 Å². The number of nitrogens with zero attached hydrogens (tertiary/aromatic N) is 1. The summed E-state index contributed by atoms with van der Waals surface area (Å²) < 4.78 is 10.5. The molecule has 1 amide bonds. The summed E-state index contributed by atoms with van der Waals surface area (Å²) in [5.74, 6) is 1.27. The third-order valence-corrected chi connectivity index (χ3v) is 4.84. The van der Waals surface area contributed by atoms with Crippen molar-refractivity contribution < 1.29 is 19.4 Å². The van der Waals surface area contributed by atoms with Gasteiger partial charge < -0.3 is 30.5 Å². The normalized spacial score (nSPS) is 19.7. The first kappa shape index (κ1) is 23.6. The molecule has 0 radical (unpaired) electrons. The molecular weight excluding hydrogens is 384 g/mol. The fraction of sp³-hybridized carbons (Fsp3) is 0.636. The van der Waals surface area contributed by atoms with Gasteiger partial charge in [-0.25, -0.2) is 9.79 Å². The van der Waals surface area contributed by atoms with E-state index in [1.807, 2.05) is 39.8 Å². The number of para-hydroxylation sites is 1. The molecule has 0 bridgehead atoms. The van der Waals surface area contributed by atoms with Crippen LogP contribution >= 0.6 is 0 Å². The average Bonchev–Trinajstić information content (AvgIpc) is 2.67. The number of carbonyl (C=O) groups is 1. The molecule has 0 aliphatic heterocycles. The third kappa shape index (κ3) is 7.65. The molecule has 1 aromatic carbocycles. The average molecular weight is 421 g/mol. The van der Waals surface area contributed by atoms with Crippen molar-refractivity contribution in [2.24, 2.45) is 4.99 Å². The van der Waals surface area contributed by atoms with Crippen LogP contribution in [0.25, 0.3) is 0 Å². The Kier molecular flexibility index (Phi) is 8.62. The van der Waals surface area contributed by atoms with E-state index in [1.54, 1.807) is 6.07 Å². The number of ether oxygens (including phenoxy) is 2. The highest BCUT2D eigenvalue weighted by atomic mass is 16.6. The quantitative estimate of drug-likeness (QED) is 0.416. The van der Waals surface area contributed by atoms with Crippen LogP contribution in [0.3, 0.4) is 0 Å². The number of aromatic hydroxyl groups is 1. The van der Waals surface area contributed by atoms with E-state index in [-0.39, 0.29) is 23.9 Å². The highest BCUT2D eigenvalue weighted by Gasteiger charge is 2.25. The lowest BCUT2D eigenvalue weighted by molar-refractivity contribution is 0.0490. The van der Waals surface area contributed by atoms with Crippen LogP contribution in [0.4, 0.5) is 4.79 Å². The van der Waals surface area contributed by atoms with Crippen molar-refractivity contribution >= 4 is 12.1 Å². The second-order valence-electron chi connectivity index (χ2n) is 8.50. The fourth-order valence-electron chi connectivity index (χ4n) is 3.39. The SMILES string of the molecule is CCNC(=NCc1cccc(OC)c1O)NC1CCC(NC(=O)OC(C)(C)C)CC1. The number of phenolic OH excluding ortho intramolecular Hbond substituents is 1. The summed E-state index contributed by atoms with van der Waals surface area (Å²) in [5.41, 5.74) is 0.217. The van der Waals surface area contributed by atoms with Crippen LogP contribution in [0, 0.1) is 0 Å². The first-order valence-electron chi connectivity index (χ1n) is 10.6. The van der Waals surface area contributed by atoms with Gasteiger partial charge >= 0.3 is 6.09 Å². The number of phenols is 1. The van der Waals surface area contributed by atoms with Gasteiger partial charge in [0.1, 0.15) is 5.60 Å². The highest BCUT2D eigenvalue weighted by molar-refractivity contribution is 5.80. The fourth-order valence-corrected chi connectivity index (χ4v) is 3.39. The summed E-state index contributed by atoms with van der Waals surface area (Å²) in [6.45, 7) is 8.68. The number of aliphatic imine (C=N–C) groups is 1. The lowest BCUT2D eigenvalue weighted by Gasteiger charge is -2.31. The van der Waals surface area contributed by atoms with Crippen molar-refractivity contribution in [3.05, 3.63) is 23.8 Å². The van der Waals surface area contributed by atoms with Crippen molar-refractivity contribution in [1.82, 2.24) is 16.0 Å². The van der Waals surface area contributed by atoms with Crippen molar-refractivity contribution in [2.75, 3.05) is 13.7 Å². The molecule has 0 saturated heterocycles. The van der Waals surface area contributed by atoms with Gasteiger partial charge in [-0.2, -0.15) is 0 Å². The molecule has 0 spiro atoms. The van der Waals surface area contributed by atoms with Crippen LogP contribution in [0.2, 0.25) is 0 Å². The number of hydrogen-bond acceptors (Lipinski definition) is 5. The zero-order valence-electron chi connectivity index (χ0n) is 18.7. The Hall–Kier alpha value is -2.64. The maximum absolute atomic E-state index is 12.0. The molecule has 8 heteroatoms. The van der Waals surface area contributed by atoms with E-state index in [2.05, 4.69) is 20.9 Å². The Morgan fingerprint density at radius 3 is 2.37 bits per heavy atom. The number of guanidine groups is 1. The maximum atomic E-state index is 12.0. The van der Waals surface area contributed by atoms with Gasteiger partial charge in [0.25, 0.3) is 0 Å². The second-order valence-corrected chi connectivity index (χ2v) is 8.50. The van der Waals surface area contributed by atoms with Crippen LogP contribution < -0.4 is 20.7 Å². The minimum absolute atomic E-state index is 0.119. The number of benzene rings is 1. The van der Waals surface area contributed by atoms with E-state index in [9.17, 15) is 9.90 Å². The van der Waals surface area contributed by atoms with Crippen molar-refractivity contribution in [3.63, 3.8) is 0 Å². The molecule has 1 aliphatic carbocycles. The van der Waals surface area contributed by atoms with Gasteiger partial charge in [-0.3, -0.25) is 0 Å². The molecule has 168 valence electrons. The summed E-state index contributed by atoms with van der Waals surface area (Å²) in [6, 6.07) is 5.79. The number of methoxy groups -OCH3 is 1. The van der Waals surface area contributed by atoms with Crippen LogP contribution in [-0.4, -0.2) is 48.5 Å². The largest absolute Gasteiger partial charge is 0.504 e. The van der Waals surface area contributed by atoms with E-state index < -0.39 is 5.60 Å². The molecule has 30 heavy (non-hydrogen) atoms. The van der Waals surface area contributed by atoms with Gasteiger partial charge in [0, 0.05) is 24.2 Å². The Morgan fingerprint density at radius 1 is 1.17 bits per heavy atom. The van der Waals surface area contributed by atoms with Crippen molar-refractivity contribution in [1.29, 1.82) is 0 Å². The zero-order valence-corrected chi connectivity index (χ0v) is 18.7. The molecule has 1 aliphatic rings. The van der Waals surface area contributed by atoms with Crippen molar-refractivity contribution in [2.45, 2.75) is 77.6 Å². The van der Waals surface area contributed by atoms with Gasteiger partial charge in [0.15, 0.2) is 17.5 Å². The molecule has 4 N–H and O–H groups in total. The third-order valence-electron chi connectivity index (χ3n) is 4.84. The minimum atomic E-state index is -0.489. The van der Waals surface area contributed by atoms with Gasteiger partial charge in [-0.15, -0.1) is 0 Å². The molecular formula is C22H36N4O4. The molecule has 8 nitrogen and oxygen atoms in total. The molecule has 0 atom stereocenters. The van der Waals surface area contributed by atoms with E-state index in [0.29, 0.717) is 23.8 Å². The summed E-state index contributed by atoms with van der Waals surface area (Å²) in [7, 11) is 1.53. The predicted molar refractivity (Wildman–Crippen MR) is 118 cm³/mol. The minimum Gasteiger partial charge on any atom is -0.504 e. The lowest BCUT2D eigenvalue weighted by atomic mass is 9.91. The van der Waals surface area contributed by atoms with Gasteiger partial charge in [-0.05, 0) is 59.4 Å². The van der Waals surface area contributed by atoms with Gasteiger partial charge in [0.05, 0.1) is 13.7 Å².